The van der Waals surface area contributed by atoms with E-state index in [9.17, 15) is 14.7 Å². The van der Waals surface area contributed by atoms with Gasteiger partial charge in [0.2, 0.25) is 11.2 Å². The normalized spacial score (nSPS) is 14.7. The quantitative estimate of drug-likeness (QED) is 0.510. The molecule has 3 aliphatic rings. The second-order valence-electron chi connectivity index (χ2n) is 6.60. The number of likely N-dealkylation sites (tertiary alicyclic amines) is 1. The third kappa shape index (κ3) is 3.70. The van der Waals surface area contributed by atoms with Gasteiger partial charge in [0.25, 0.3) is 0 Å². The summed E-state index contributed by atoms with van der Waals surface area (Å²) in [6.07, 6.45) is 4.81. The molecule has 142 valence electrons. The Morgan fingerprint density at radius 2 is 1.85 bits per heavy atom. The van der Waals surface area contributed by atoms with Crippen molar-refractivity contribution in [3.05, 3.63) is 15.8 Å². The number of carbonyl (C=O) groups is 1. The summed E-state index contributed by atoms with van der Waals surface area (Å²) in [6, 6.07) is 0. The Morgan fingerprint density at radius 3 is 2.54 bits per heavy atom. The molecule has 0 aliphatic carbocycles. The Labute approximate surface area is 156 Å². The number of nitrogens with zero attached hydrogens (tertiary/aromatic N) is 5. The van der Waals surface area contributed by atoms with Gasteiger partial charge in [-0.3, -0.25) is 9.36 Å². The van der Waals surface area contributed by atoms with Gasteiger partial charge in [-0.05, 0) is 36.7 Å². The number of unbranched alkanes of at least 4 members (excludes halogenated alkanes) is 2. The van der Waals surface area contributed by atoms with Crippen molar-refractivity contribution < 1.29 is 9.90 Å². The zero-order chi connectivity index (χ0) is 18.7. The molecule has 9 heteroatoms. The maximum atomic E-state index is 12.8. The lowest BCUT2D eigenvalue weighted by Gasteiger charge is -2.23. The highest BCUT2D eigenvalue weighted by molar-refractivity contribution is 6.28. The summed E-state index contributed by atoms with van der Waals surface area (Å²) in [7, 11) is 0. The number of aromatic nitrogens is 4. The summed E-state index contributed by atoms with van der Waals surface area (Å²) >= 11 is 5.87. The molecule has 3 rings (SSSR count). The number of carbonyl (C=O) groups excluding carboxylic acids is 1. The van der Waals surface area contributed by atoms with Gasteiger partial charge in [0.15, 0.2) is 5.82 Å². The average Bonchev–Trinajstić information content (AvgIpc) is 3.19. The van der Waals surface area contributed by atoms with Gasteiger partial charge < -0.3 is 14.6 Å². The lowest BCUT2D eigenvalue weighted by Crippen LogP contribution is -2.36. The van der Waals surface area contributed by atoms with E-state index in [1.807, 2.05) is 0 Å². The number of hydrogen-bond acceptors (Lipinski definition) is 5. The van der Waals surface area contributed by atoms with E-state index < -0.39 is 5.88 Å². The molecule has 0 bridgehead atoms. The summed E-state index contributed by atoms with van der Waals surface area (Å²) in [4.78, 5) is 34.4. The fourth-order valence-electron chi connectivity index (χ4n) is 3.37. The molecule has 1 amide bonds. The Hall–Kier alpha value is -2.09. The van der Waals surface area contributed by atoms with E-state index in [0.717, 1.165) is 32.2 Å². The maximum Gasteiger partial charge on any atom is 0.329 e. The third-order valence-electron chi connectivity index (χ3n) is 4.75. The lowest BCUT2D eigenvalue weighted by atomic mass is 10.2. The van der Waals surface area contributed by atoms with Gasteiger partial charge in [-0.25, -0.2) is 9.78 Å². The molecular formula is C17H23ClN5O3-. The average molecular weight is 381 g/mol. The minimum absolute atomic E-state index is 0.0267. The van der Waals surface area contributed by atoms with Crippen LogP contribution in [0, 0.1) is 0 Å². The van der Waals surface area contributed by atoms with Gasteiger partial charge in [0.05, 0.1) is 0 Å². The first kappa shape index (κ1) is 18.7. The largest absolute Gasteiger partial charge is 0.858 e. The second kappa shape index (κ2) is 8.07. The van der Waals surface area contributed by atoms with Crippen molar-refractivity contribution in [2.75, 3.05) is 13.1 Å². The number of halogens is 1. The van der Waals surface area contributed by atoms with Gasteiger partial charge in [0.1, 0.15) is 5.69 Å². The van der Waals surface area contributed by atoms with Crippen LogP contribution >= 0.6 is 11.6 Å². The summed E-state index contributed by atoms with van der Waals surface area (Å²) in [5.74, 6) is -0.0746. The molecule has 0 unspecified atom stereocenters. The topological polar surface area (TPSA) is 96.1 Å². The van der Waals surface area contributed by atoms with Crippen LogP contribution in [0.1, 0.15) is 45.4 Å². The first-order chi connectivity index (χ1) is 12.5. The van der Waals surface area contributed by atoms with Crippen LogP contribution in [0.2, 0.25) is 5.28 Å². The third-order valence-corrected chi connectivity index (χ3v) is 4.91. The van der Waals surface area contributed by atoms with Crippen molar-refractivity contribution in [1.82, 2.24) is 24.0 Å². The van der Waals surface area contributed by atoms with Crippen LogP contribution in [-0.2, 0) is 17.9 Å². The number of rotatable bonds is 8. The van der Waals surface area contributed by atoms with Crippen molar-refractivity contribution >= 4 is 17.5 Å². The molecule has 0 atom stereocenters. The van der Waals surface area contributed by atoms with Crippen LogP contribution in [-0.4, -0.2) is 43.0 Å². The Kier molecular flexibility index (Phi) is 5.80. The van der Waals surface area contributed by atoms with Gasteiger partial charge in [0, 0.05) is 32.6 Å². The van der Waals surface area contributed by atoms with Crippen molar-refractivity contribution in [3.63, 3.8) is 0 Å². The van der Waals surface area contributed by atoms with E-state index in [2.05, 4.69) is 16.9 Å². The Balaban J connectivity index is 1.84. The predicted molar refractivity (Wildman–Crippen MR) is 95.3 cm³/mol. The van der Waals surface area contributed by atoms with Gasteiger partial charge in [-0.1, -0.05) is 19.8 Å². The molecule has 0 aromatic heterocycles. The molecular weight excluding hydrogens is 358 g/mol. The highest BCUT2D eigenvalue weighted by Gasteiger charge is 2.22. The summed E-state index contributed by atoms with van der Waals surface area (Å²) in [5.41, 5.74) is -0.258. The van der Waals surface area contributed by atoms with Crippen molar-refractivity contribution in [2.24, 2.45) is 0 Å². The zero-order valence-corrected chi connectivity index (χ0v) is 15.7. The van der Waals surface area contributed by atoms with Crippen LogP contribution in [0.15, 0.2) is 4.79 Å². The molecule has 0 aromatic carbocycles. The van der Waals surface area contributed by atoms with E-state index in [0.29, 0.717) is 25.9 Å². The van der Waals surface area contributed by atoms with E-state index >= 15 is 0 Å². The second-order valence-corrected chi connectivity index (χ2v) is 6.94. The maximum absolute atomic E-state index is 12.8. The van der Waals surface area contributed by atoms with Crippen LogP contribution in [0.4, 0.5) is 0 Å². The highest BCUT2D eigenvalue weighted by Crippen LogP contribution is 2.27. The van der Waals surface area contributed by atoms with Crippen molar-refractivity contribution in [3.8, 4) is 17.4 Å². The van der Waals surface area contributed by atoms with Gasteiger partial charge in [-0.2, -0.15) is 4.98 Å². The summed E-state index contributed by atoms with van der Waals surface area (Å²) in [5, 5.41) is 12.6. The number of imidazole rings is 1. The fraction of sp³-hybridized carbons (Fsp3) is 0.647. The first-order valence-electron chi connectivity index (χ1n) is 9.14. The van der Waals surface area contributed by atoms with Crippen molar-refractivity contribution in [2.45, 2.75) is 58.5 Å². The molecule has 0 aromatic rings. The Bertz CT molecular complexity index is 816. The number of amides is 1. The standard InChI is InChI=1S/C17H24ClN5O3/c1-2-3-4-10-22-14-13(19-16(18)20-14)15(25)23(17(22)26)11-6-9-21-8-5-7-12(21)24/h25H,2-11H2,1H3/p-1. The molecule has 3 aliphatic heterocycles. The SMILES string of the molecule is CCCCCn1c2nc(Cl)nc-2c([O-])n(CCCN2CCCC2=O)c1=O. The molecule has 3 heterocycles. The molecule has 0 spiro atoms. The summed E-state index contributed by atoms with van der Waals surface area (Å²) in [6.45, 7) is 4.10. The summed E-state index contributed by atoms with van der Waals surface area (Å²) < 4.78 is 2.69. The van der Waals surface area contributed by atoms with E-state index in [4.69, 9.17) is 11.6 Å². The van der Waals surface area contributed by atoms with Crippen LogP contribution in [0.25, 0.3) is 11.5 Å². The number of hydrogen-bond donors (Lipinski definition) is 0. The van der Waals surface area contributed by atoms with E-state index in [1.165, 1.54) is 9.13 Å². The number of fused-ring (bicyclic) bond motifs is 1. The van der Waals surface area contributed by atoms with Gasteiger partial charge in [-0.15, -0.1) is 0 Å². The Morgan fingerprint density at radius 1 is 1.08 bits per heavy atom. The highest BCUT2D eigenvalue weighted by atomic mass is 35.5. The van der Waals surface area contributed by atoms with E-state index in [-0.39, 0.29) is 34.9 Å². The molecule has 0 N–H and O–H groups in total. The molecule has 8 nitrogen and oxygen atoms in total. The minimum atomic E-state index is -0.469. The molecule has 0 saturated carbocycles. The fourth-order valence-corrected chi connectivity index (χ4v) is 3.53. The van der Waals surface area contributed by atoms with Crippen LogP contribution in [0.5, 0.6) is 5.88 Å². The molecule has 26 heavy (non-hydrogen) atoms. The minimum Gasteiger partial charge on any atom is -0.858 e. The molecule has 1 saturated heterocycles. The monoisotopic (exact) mass is 380 g/mol. The molecule has 0 radical (unpaired) electrons. The smallest absolute Gasteiger partial charge is 0.329 e. The van der Waals surface area contributed by atoms with Gasteiger partial charge >= 0.3 is 5.69 Å². The first-order valence-corrected chi connectivity index (χ1v) is 9.52. The van der Waals surface area contributed by atoms with Crippen molar-refractivity contribution in [1.29, 1.82) is 0 Å². The van der Waals surface area contributed by atoms with E-state index in [1.54, 1.807) is 4.90 Å². The van der Waals surface area contributed by atoms with Crippen LogP contribution in [0.3, 0.4) is 0 Å². The zero-order valence-electron chi connectivity index (χ0n) is 14.9. The molecule has 1 fully saturated rings. The predicted octanol–water partition coefficient (Wildman–Crippen LogP) is 1.47. The van der Waals surface area contributed by atoms with Crippen LogP contribution < -0.4 is 10.8 Å². The lowest BCUT2D eigenvalue weighted by molar-refractivity contribution is -0.279.